The van der Waals surface area contributed by atoms with E-state index in [1.165, 1.54) is 23.3 Å². The van der Waals surface area contributed by atoms with E-state index in [2.05, 4.69) is 4.74 Å². The van der Waals surface area contributed by atoms with Crippen molar-refractivity contribution in [1.82, 2.24) is 4.90 Å². The Kier molecular flexibility index (Phi) is 5.93. The number of ether oxygens (including phenoxy) is 2. The van der Waals surface area contributed by atoms with Crippen LogP contribution in [0, 0.1) is 6.92 Å². The molecule has 28 heavy (non-hydrogen) atoms. The third kappa shape index (κ3) is 4.48. The SMILES string of the molecule is Cc1coc(CC(=O)O)c1C(=O)N1CCOC(c2cccc(OC(F)F)c2)C1. The molecule has 1 aromatic carbocycles. The van der Waals surface area contributed by atoms with Crippen molar-refractivity contribution < 1.29 is 37.4 Å². The Labute approximate surface area is 159 Å². The van der Waals surface area contributed by atoms with Crippen LogP contribution in [0.2, 0.25) is 0 Å². The van der Waals surface area contributed by atoms with Crippen LogP contribution in [-0.2, 0) is 16.0 Å². The van der Waals surface area contributed by atoms with E-state index in [0.717, 1.165) is 0 Å². The maximum Gasteiger partial charge on any atom is 0.387 e. The lowest BCUT2D eigenvalue weighted by molar-refractivity contribution is -0.136. The van der Waals surface area contributed by atoms with Crippen molar-refractivity contribution in [3.8, 4) is 5.75 Å². The van der Waals surface area contributed by atoms with Gasteiger partial charge in [-0.15, -0.1) is 0 Å². The van der Waals surface area contributed by atoms with Crippen LogP contribution in [0.5, 0.6) is 5.75 Å². The summed E-state index contributed by atoms with van der Waals surface area (Å²) in [7, 11) is 0. The number of carbonyl (C=O) groups is 2. The Hall–Kier alpha value is -2.94. The Bertz CT molecular complexity index is 866. The minimum Gasteiger partial charge on any atom is -0.481 e. The fourth-order valence-corrected chi connectivity index (χ4v) is 3.14. The number of aryl methyl sites for hydroxylation is 1. The fourth-order valence-electron chi connectivity index (χ4n) is 3.14. The van der Waals surface area contributed by atoms with Gasteiger partial charge in [-0.05, 0) is 24.6 Å². The minimum atomic E-state index is -2.93. The standard InChI is InChI=1S/C19H19F2NO6/c1-11-10-27-14(8-16(23)24)17(11)18(25)22-5-6-26-15(9-22)12-3-2-4-13(7-12)28-19(20)21/h2-4,7,10,15,19H,5-6,8-9H2,1H3,(H,23,24). The van der Waals surface area contributed by atoms with E-state index in [9.17, 15) is 18.4 Å². The average molecular weight is 395 g/mol. The molecule has 2 aromatic rings. The van der Waals surface area contributed by atoms with E-state index < -0.39 is 25.1 Å². The first-order chi connectivity index (χ1) is 13.3. The zero-order valence-electron chi connectivity index (χ0n) is 15.1. The molecule has 1 saturated heterocycles. The van der Waals surface area contributed by atoms with Crippen LogP contribution in [0.4, 0.5) is 8.78 Å². The fraction of sp³-hybridized carbons (Fsp3) is 0.368. The normalized spacial score (nSPS) is 17.0. The molecule has 1 amide bonds. The lowest BCUT2D eigenvalue weighted by Gasteiger charge is -2.33. The van der Waals surface area contributed by atoms with E-state index in [4.69, 9.17) is 14.3 Å². The van der Waals surface area contributed by atoms with Crippen LogP contribution in [0.3, 0.4) is 0 Å². The molecule has 0 radical (unpaired) electrons. The molecule has 7 nitrogen and oxygen atoms in total. The minimum absolute atomic E-state index is 0.00831. The van der Waals surface area contributed by atoms with Crippen molar-refractivity contribution in [2.45, 2.75) is 26.1 Å². The predicted molar refractivity (Wildman–Crippen MR) is 92.5 cm³/mol. The highest BCUT2D eigenvalue weighted by atomic mass is 19.3. The molecule has 1 atom stereocenters. The number of halogens is 2. The number of rotatable bonds is 6. The van der Waals surface area contributed by atoms with Crippen molar-refractivity contribution >= 4 is 11.9 Å². The molecule has 9 heteroatoms. The molecule has 150 valence electrons. The van der Waals surface area contributed by atoms with E-state index >= 15 is 0 Å². The second-order valence-corrected chi connectivity index (χ2v) is 6.35. The monoisotopic (exact) mass is 395 g/mol. The topological polar surface area (TPSA) is 89.2 Å². The summed E-state index contributed by atoms with van der Waals surface area (Å²) in [6, 6.07) is 6.14. The van der Waals surface area contributed by atoms with E-state index in [0.29, 0.717) is 17.7 Å². The number of hydrogen-bond donors (Lipinski definition) is 1. The van der Waals surface area contributed by atoms with Gasteiger partial charge in [-0.1, -0.05) is 12.1 Å². The van der Waals surface area contributed by atoms with Gasteiger partial charge < -0.3 is 23.9 Å². The maximum atomic E-state index is 13.0. The van der Waals surface area contributed by atoms with E-state index in [1.807, 2.05) is 0 Å². The quantitative estimate of drug-likeness (QED) is 0.809. The first-order valence-corrected chi connectivity index (χ1v) is 8.59. The van der Waals surface area contributed by atoms with Crippen LogP contribution < -0.4 is 4.74 Å². The van der Waals surface area contributed by atoms with E-state index in [1.54, 1.807) is 19.1 Å². The number of carbonyl (C=O) groups excluding carboxylic acids is 1. The van der Waals surface area contributed by atoms with Crippen molar-refractivity contribution in [1.29, 1.82) is 0 Å². The third-order valence-corrected chi connectivity index (χ3v) is 4.39. The van der Waals surface area contributed by atoms with Crippen molar-refractivity contribution in [3.05, 3.63) is 53.0 Å². The Morgan fingerprint density at radius 1 is 1.39 bits per heavy atom. The summed E-state index contributed by atoms with van der Waals surface area (Å²) < 4.78 is 40.2. The van der Waals surface area contributed by atoms with Gasteiger partial charge in [0.15, 0.2) is 0 Å². The van der Waals surface area contributed by atoms with Gasteiger partial charge in [-0.2, -0.15) is 8.78 Å². The number of benzene rings is 1. The molecule has 1 N–H and O–H groups in total. The van der Waals surface area contributed by atoms with Gasteiger partial charge in [-0.3, -0.25) is 9.59 Å². The van der Waals surface area contributed by atoms with Gasteiger partial charge in [0.05, 0.1) is 25.0 Å². The molecule has 2 heterocycles. The van der Waals surface area contributed by atoms with Crippen LogP contribution in [0.1, 0.15) is 33.3 Å². The smallest absolute Gasteiger partial charge is 0.387 e. The largest absolute Gasteiger partial charge is 0.481 e. The summed E-state index contributed by atoms with van der Waals surface area (Å²) in [5, 5.41) is 9.00. The number of carboxylic acid groups (broad SMARTS) is 1. The Morgan fingerprint density at radius 2 is 2.18 bits per heavy atom. The van der Waals surface area contributed by atoms with Crippen molar-refractivity contribution in [2.75, 3.05) is 19.7 Å². The first-order valence-electron chi connectivity index (χ1n) is 8.59. The van der Waals surface area contributed by atoms with Crippen LogP contribution in [0.15, 0.2) is 34.9 Å². The second-order valence-electron chi connectivity index (χ2n) is 6.35. The molecule has 0 bridgehead atoms. The lowest BCUT2D eigenvalue weighted by Crippen LogP contribution is -2.42. The zero-order valence-corrected chi connectivity index (χ0v) is 15.1. The molecule has 1 aliphatic heterocycles. The maximum absolute atomic E-state index is 13.0. The molecule has 1 unspecified atom stereocenters. The summed E-state index contributed by atoms with van der Waals surface area (Å²) in [4.78, 5) is 25.5. The number of hydrogen-bond acceptors (Lipinski definition) is 5. The number of amides is 1. The highest BCUT2D eigenvalue weighted by Gasteiger charge is 2.30. The van der Waals surface area contributed by atoms with Gasteiger partial charge in [0.1, 0.15) is 24.0 Å². The summed E-state index contributed by atoms with van der Waals surface area (Å²) in [5.74, 6) is -1.34. The number of morpholine rings is 1. The molecule has 0 aliphatic carbocycles. The van der Waals surface area contributed by atoms with Gasteiger partial charge in [-0.25, -0.2) is 0 Å². The Morgan fingerprint density at radius 3 is 2.89 bits per heavy atom. The molecular formula is C19H19F2NO6. The van der Waals surface area contributed by atoms with Gasteiger partial charge >= 0.3 is 12.6 Å². The second kappa shape index (κ2) is 8.39. The lowest BCUT2D eigenvalue weighted by atomic mass is 10.0. The third-order valence-electron chi connectivity index (χ3n) is 4.39. The number of aliphatic carboxylic acids is 1. The summed E-state index contributed by atoms with van der Waals surface area (Å²) in [5.41, 5.74) is 1.39. The average Bonchev–Trinajstić information content (AvgIpc) is 3.00. The highest BCUT2D eigenvalue weighted by molar-refractivity contribution is 5.97. The van der Waals surface area contributed by atoms with Gasteiger partial charge in [0, 0.05) is 12.1 Å². The highest BCUT2D eigenvalue weighted by Crippen LogP contribution is 2.28. The van der Waals surface area contributed by atoms with Crippen LogP contribution in [0.25, 0.3) is 0 Å². The van der Waals surface area contributed by atoms with Crippen molar-refractivity contribution in [3.63, 3.8) is 0 Å². The van der Waals surface area contributed by atoms with Crippen LogP contribution in [-0.4, -0.2) is 48.2 Å². The molecule has 0 spiro atoms. The first kappa shape index (κ1) is 19.8. The summed E-state index contributed by atoms with van der Waals surface area (Å²) in [6.07, 6.45) is 0.443. The Balaban J connectivity index is 1.78. The number of carboxylic acids is 1. The number of furan rings is 1. The predicted octanol–water partition coefficient (Wildman–Crippen LogP) is 3.03. The number of nitrogens with zero attached hydrogens (tertiary/aromatic N) is 1. The van der Waals surface area contributed by atoms with Crippen LogP contribution >= 0.6 is 0 Å². The van der Waals surface area contributed by atoms with Gasteiger partial charge in [0.2, 0.25) is 0 Å². The molecule has 1 aromatic heterocycles. The number of alkyl halides is 2. The molecule has 0 saturated carbocycles. The molecular weight excluding hydrogens is 376 g/mol. The molecule has 3 rings (SSSR count). The van der Waals surface area contributed by atoms with E-state index in [-0.39, 0.29) is 36.1 Å². The zero-order chi connectivity index (χ0) is 20.3. The molecule has 1 aliphatic rings. The summed E-state index contributed by atoms with van der Waals surface area (Å²) in [6.45, 7) is -0.502. The molecule has 1 fully saturated rings. The summed E-state index contributed by atoms with van der Waals surface area (Å²) >= 11 is 0. The van der Waals surface area contributed by atoms with Gasteiger partial charge in [0.25, 0.3) is 5.91 Å². The van der Waals surface area contributed by atoms with Crippen molar-refractivity contribution in [2.24, 2.45) is 0 Å².